The number of likely N-dealkylation sites (tertiary alicyclic amines) is 1. The molecule has 112 valence electrons. The van der Waals surface area contributed by atoms with Crippen molar-refractivity contribution in [1.82, 2.24) is 4.90 Å². The molecule has 1 fully saturated rings. The molecular weight excluding hydrogens is 268 g/mol. The fourth-order valence-electron chi connectivity index (χ4n) is 2.69. The second-order valence-corrected chi connectivity index (χ2v) is 5.60. The Labute approximate surface area is 132 Å². The van der Waals surface area contributed by atoms with E-state index in [1.54, 1.807) is 0 Å². The fourth-order valence-corrected chi connectivity index (χ4v) is 2.69. The van der Waals surface area contributed by atoms with Crippen LogP contribution in [0.25, 0.3) is 6.08 Å². The molecule has 1 saturated heterocycles. The van der Waals surface area contributed by atoms with Crippen LogP contribution in [0.4, 0.5) is 0 Å². The van der Waals surface area contributed by atoms with Crippen LogP contribution in [0.5, 0.6) is 0 Å². The summed E-state index contributed by atoms with van der Waals surface area (Å²) in [6.07, 6.45) is 6.85. The Morgan fingerprint density at radius 3 is 2.23 bits per heavy atom. The van der Waals surface area contributed by atoms with E-state index < -0.39 is 0 Å². The van der Waals surface area contributed by atoms with Crippen LogP contribution in [0.1, 0.15) is 24.0 Å². The molecule has 0 bridgehead atoms. The summed E-state index contributed by atoms with van der Waals surface area (Å²) in [5.74, 6) is 1.10. The van der Waals surface area contributed by atoms with Crippen molar-refractivity contribution in [2.45, 2.75) is 19.4 Å². The maximum Gasteiger partial charge on any atom is 0.123 e. The molecule has 2 aromatic carbocycles. The predicted molar refractivity (Wildman–Crippen MR) is 93.9 cm³/mol. The lowest BCUT2D eigenvalue weighted by Crippen LogP contribution is -2.26. The number of aliphatic imine (C=N–C) groups is 1. The Morgan fingerprint density at radius 2 is 1.55 bits per heavy atom. The average molecular weight is 290 g/mol. The minimum absolute atomic E-state index is 0.742. The zero-order valence-corrected chi connectivity index (χ0v) is 12.9. The van der Waals surface area contributed by atoms with E-state index in [0.717, 1.165) is 25.5 Å². The third-order valence-corrected chi connectivity index (χ3v) is 3.92. The standard InChI is InChI=1S/C20H22N2/c1-3-9-18(10-4-1)13-14-20(22-15-7-8-16-22)21-17-19-11-5-2-6-12-19/h1-6,9-14H,7-8,15-17H2/b14-13+,21-20?. The maximum atomic E-state index is 4.85. The second-order valence-electron chi connectivity index (χ2n) is 5.60. The highest BCUT2D eigenvalue weighted by Gasteiger charge is 2.13. The number of hydrogen-bond donors (Lipinski definition) is 0. The van der Waals surface area contributed by atoms with Gasteiger partial charge in [0.05, 0.1) is 6.54 Å². The Hall–Kier alpha value is -2.35. The van der Waals surface area contributed by atoms with E-state index in [2.05, 4.69) is 65.6 Å². The first-order chi connectivity index (χ1) is 10.9. The van der Waals surface area contributed by atoms with Gasteiger partial charge in [-0.1, -0.05) is 66.7 Å². The fraction of sp³-hybridized carbons (Fsp3) is 0.250. The predicted octanol–water partition coefficient (Wildman–Crippen LogP) is 4.39. The molecule has 0 unspecified atom stereocenters. The summed E-state index contributed by atoms with van der Waals surface area (Å²) in [4.78, 5) is 7.24. The Balaban J connectivity index is 1.76. The van der Waals surface area contributed by atoms with E-state index in [4.69, 9.17) is 4.99 Å². The van der Waals surface area contributed by atoms with Crippen molar-refractivity contribution in [2.75, 3.05) is 13.1 Å². The molecule has 3 rings (SSSR count). The summed E-state index contributed by atoms with van der Waals surface area (Å²) in [7, 11) is 0. The van der Waals surface area contributed by atoms with Gasteiger partial charge in [-0.3, -0.25) is 4.99 Å². The summed E-state index contributed by atoms with van der Waals surface area (Å²) >= 11 is 0. The van der Waals surface area contributed by atoms with Crippen LogP contribution < -0.4 is 0 Å². The van der Waals surface area contributed by atoms with E-state index >= 15 is 0 Å². The summed E-state index contributed by atoms with van der Waals surface area (Å²) in [5.41, 5.74) is 2.47. The van der Waals surface area contributed by atoms with Gasteiger partial charge in [-0.2, -0.15) is 0 Å². The zero-order chi connectivity index (χ0) is 15.0. The highest BCUT2D eigenvalue weighted by atomic mass is 15.2. The van der Waals surface area contributed by atoms with Crippen LogP contribution in [0, 0.1) is 0 Å². The molecule has 0 aromatic heterocycles. The Kier molecular flexibility index (Phi) is 5.04. The molecule has 0 aliphatic carbocycles. The van der Waals surface area contributed by atoms with E-state index in [9.17, 15) is 0 Å². The van der Waals surface area contributed by atoms with E-state index in [0.29, 0.717) is 0 Å². The lowest BCUT2D eigenvalue weighted by Gasteiger charge is -2.17. The van der Waals surface area contributed by atoms with Crippen molar-refractivity contribution in [2.24, 2.45) is 4.99 Å². The van der Waals surface area contributed by atoms with Gasteiger partial charge >= 0.3 is 0 Å². The first-order valence-corrected chi connectivity index (χ1v) is 7.98. The van der Waals surface area contributed by atoms with Crippen LogP contribution in [0.3, 0.4) is 0 Å². The average Bonchev–Trinajstić information content (AvgIpc) is 3.11. The largest absolute Gasteiger partial charge is 0.357 e. The van der Waals surface area contributed by atoms with Gasteiger partial charge in [0.25, 0.3) is 0 Å². The summed E-state index contributed by atoms with van der Waals surface area (Å²) in [5, 5.41) is 0. The molecule has 0 saturated carbocycles. The molecule has 0 atom stereocenters. The number of rotatable bonds is 4. The molecule has 2 aromatic rings. The van der Waals surface area contributed by atoms with E-state index in [1.165, 1.54) is 24.0 Å². The monoisotopic (exact) mass is 290 g/mol. The van der Waals surface area contributed by atoms with Crippen LogP contribution in [-0.2, 0) is 6.54 Å². The van der Waals surface area contributed by atoms with Gasteiger partial charge in [0.2, 0.25) is 0 Å². The highest BCUT2D eigenvalue weighted by Crippen LogP contribution is 2.12. The molecule has 0 amide bonds. The van der Waals surface area contributed by atoms with Gasteiger partial charge in [0.1, 0.15) is 5.84 Å². The normalized spacial score (nSPS) is 15.6. The van der Waals surface area contributed by atoms with Crippen molar-refractivity contribution in [1.29, 1.82) is 0 Å². The molecule has 0 spiro atoms. The molecule has 0 N–H and O–H groups in total. The lowest BCUT2D eigenvalue weighted by atomic mass is 10.2. The van der Waals surface area contributed by atoms with Crippen LogP contribution >= 0.6 is 0 Å². The third kappa shape index (κ3) is 4.08. The van der Waals surface area contributed by atoms with Gasteiger partial charge in [-0.15, -0.1) is 0 Å². The number of amidine groups is 1. The highest BCUT2D eigenvalue weighted by molar-refractivity contribution is 5.96. The zero-order valence-electron chi connectivity index (χ0n) is 12.9. The van der Waals surface area contributed by atoms with Gasteiger partial charge in [-0.05, 0) is 30.0 Å². The molecule has 2 heteroatoms. The first kappa shape index (κ1) is 14.6. The lowest BCUT2D eigenvalue weighted by molar-refractivity contribution is 0.520. The van der Waals surface area contributed by atoms with Gasteiger partial charge in [0.15, 0.2) is 0 Å². The van der Waals surface area contributed by atoms with E-state index in [-0.39, 0.29) is 0 Å². The molecule has 1 aliphatic heterocycles. The SMILES string of the molecule is C(=C\c1ccccc1)/C(=NCc1ccccc1)N1CCCC1. The van der Waals surface area contributed by atoms with Gasteiger partial charge in [-0.25, -0.2) is 0 Å². The minimum atomic E-state index is 0.742. The van der Waals surface area contributed by atoms with Crippen molar-refractivity contribution in [3.8, 4) is 0 Å². The summed E-state index contributed by atoms with van der Waals surface area (Å²) in [6, 6.07) is 20.9. The summed E-state index contributed by atoms with van der Waals surface area (Å²) < 4.78 is 0. The van der Waals surface area contributed by atoms with Crippen molar-refractivity contribution >= 4 is 11.9 Å². The number of hydrogen-bond acceptors (Lipinski definition) is 1. The topological polar surface area (TPSA) is 15.6 Å². The Bertz CT molecular complexity index is 623. The first-order valence-electron chi connectivity index (χ1n) is 7.98. The van der Waals surface area contributed by atoms with Crippen molar-refractivity contribution in [3.63, 3.8) is 0 Å². The maximum absolute atomic E-state index is 4.85. The smallest absolute Gasteiger partial charge is 0.123 e. The molecule has 22 heavy (non-hydrogen) atoms. The van der Waals surface area contributed by atoms with Gasteiger partial charge in [0, 0.05) is 13.1 Å². The minimum Gasteiger partial charge on any atom is -0.357 e. The third-order valence-electron chi connectivity index (χ3n) is 3.92. The van der Waals surface area contributed by atoms with E-state index in [1.807, 2.05) is 12.1 Å². The molecular formula is C20H22N2. The van der Waals surface area contributed by atoms with Crippen LogP contribution in [0.2, 0.25) is 0 Å². The molecule has 1 heterocycles. The van der Waals surface area contributed by atoms with Crippen molar-refractivity contribution in [3.05, 3.63) is 77.9 Å². The molecule has 2 nitrogen and oxygen atoms in total. The van der Waals surface area contributed by atoms with Crippen molar-refractivity contribution < 1.29 is 0 Å². The second kappa shape index (κ2) is 7.60. The summed E-state index contributed by atoms with van der Waals surface area (Å²) in [6.45, 7) is 2.98. The van der Waals surface area contributed by atoms with Crippen LogP contribution in [-0.4, -0.2) is 23.8 Å². The van der Waals surface area contributed by atoms with Crippen LogP contribution in [0.15, 0.2) is 71.7 Å². The number of benzene rings is 2. The number of nitrogens with zero attached hydrogens (tertiary/aromatic N) is 2. The van der Waals surface area contributed by atoms with Gasteiger partial charge < -0.3 is 4.90 Å². The molecule has 1 aliphatic rings. The quantitative estimate of drug-likeness (QED) is 0.602. The molecule has 0 radical (unpaired) electrons. The Morgan fingerprint density at radius 1 is 0.909 bits per heavy atom.